The van der Waals surface area contributed by atoms with E-state index in [1.165, 1.54) is 0 Å². The fourth-order valence-electron chi connectivity index (χ4n) is 1.29. The number of nitriles is 1. The molecule has 0 aliphatic carbocycles. The first kappa shape index (κ1) is 14.0. The van der Waals surface area contributed by atoms with Crippen LogP contribution in [0.4, 0.5) is 13.2 Å². The van der Waals surface area contributed by atoms with Crippen LogP contribution in [0.2, 0.25) is 0 Å². The van der Waals surface area contributed by atoms with Gasteiger partial charge >= 0.3 is 12.1 Å². The van der Waals surface area contributed by atoms with E-state index in [1.807, 2.05) is 0 Å². The highest BCUT2D eigenvalue weighted by Crippen LogP contribution is 2.32. The van der Waals surface area contributed by atoms with Crippen LogP contribution in [-0.2, 0) is 22.1 Å². The van der Waals surface area contributed by atoms with Crippen LogP contribution in [0, 0.1) is 11.3 Å². The quantitative estimate of drug-likeness (QED) is 0.778. The number of carbonyl (C=O) groups is 1. The molecule has 0 radical (unpaired) electrons. The predicted molar refractivity (Wildman–Crippen MR) is 54.3 cm³/mol. The minimum atomic E-state index is -4.66. The van der Waals surface area contributed by atoms with Crippen molar-refractivity contribution >= 4 is 5.97 Å². The molecule has 1 heterocycles. The molecular weight excluding hydrogens is 249 g/mol. The molecule has 0 bridgehead atoms. The van der Waals surface area contributed by atoms with Crippen LogP contribution < -0.4 is 0 Å². The minimum Gasteiger partial charge on any atom is -0.466 e. The normalized spacial score (nSPS) is 10.8. The van der Waals surface area contributed by atoms with Crippen LogP contribution in [0.5, 0.6) is 0 Å². The SMILES string of the molecule is CCOC(=O)Cc1ncc(C#N)cc1C(F)(F)F. The lowest BCUT2D eigenvalue weighted by molar-refractivity contribution is -0.143. The van der Waals surface area contributed by atoms with E-state index in [2.05, 4.69) is 9.72 Å². The number of hydrogen-bond acceptors (Lipinski definition) is 4. The Bertz CT molecular complexity index is 492. The van der Waals surface area contributed by atoms with Gasteiger partial charge in [-0.1, -0.05) is 0 Å². The van der Waals surface area contributed by atoms with Crippen molar-refractivity contribution in [1.82, 2.24) is 4.98 Å². The predicted octanol–water partition coefficient (Wildman–Crippen LogP) is 2.08. The van der Waals surface area contributed by atoms with Crippen molar-refractivity contribution in [2.24, 2.45) is 0 Å². The first-order valence-corrected chi connectivity index (χ1v) is 5.00. The van der Waals surface area contributed by atoms with Gasteiger partial charge in [0.15, 0.2) is 0 Å². The van der Waals surface area contributed by atoms with Crippen molar-refractivity contribution in [3.63, 3.8) is 0 Å². The molecule has 0 N–H and O–H groups in total. The van der Waals surface area contributed by atoms with Crippen molar-refractivity contribution in [3.05, 3.63) is 29.1 Å². The molecule has 96 valence electrons. The largest absolute Gasteiger partial charge is 0.466 e. The number of alkyl halides is 3. The van der Waals surface area contributed by atoms with Crippen molar-refractivity contribution in [1.29, 1.82) is 5.26 Å². The van der Waals surface area contributed by atoms with Gasteiger partial charge in [0.2, 0.25) is 0 Å². The second-order valence-electron chi connectivity index (χ2n) is 3.31. The Kier molecular flexibility index (Phi) is 4.26. The third-order valence-corrected chi connectivity index (χ3v) is 2.02. The Morgan fingerprint density at radius 3 is 2.72 bits per heavy atom. The molecule has 0 spiro atoms. The Morgan fingerprint density at radius 2 is 2.22 bits per heavy atom. The van der Waals surface area contributed by atoms with Crippen molar-refractivity contribution in [2.45, 2.75) is 19.5 Å². The van der Waals surface area contributed by atoms with Gasteiger partial charge in [0.05, 0.1) is 29.8 Å². The van der Waals surface area contributed by atoms with Gasteiger partial charge in [-0.15, -0.1) is 0 Å². The van der Waals surface area contributed by atoms with Crippen LogP contribution in [0.1, 0.15) is 23.7 Å². The lowest BCUT2D eigenvalue weighted by Crippen LogP contribution is -2.16. The van der Waals surface area contributed by atoms with Gasteiger partial charge in [0.1, 0.15) is 6.07 Å². The molecule has 4 nitrogen and oxygen atoms in total. The van der Waals surface area contributed by atoms with Crippen LogP contribution in [0.3, 0.4) is 0 Å². The summed E-state index contributed by atoms with van der Waals surface area (Å²) in [6.45, 7) is 1.63. The summed E-state index contributed by atoms with van der Waals surface area (Å²) >= 11 is 0. The Morgan fingerprint density at radius 1 is 1.56 bits per heavy atom. The average Bonchev–Trinajstić information content (AvgIpc) is 2.28. The number of rotatable bonds is 3. The Labute approximate surface area is 101 Å². The smallest absolute Gasteiger partial charge is 0.418 e. The van der Waals surface area contributed by atoms with Gasteiger partial charge in [-0.05, 0) is 13.0 Å². The molecule has 1 rings (SSSR count). The highest BCUT2D eigenvalue weighted by atomic mass is 19.4. The summed E-state index contributed by atoms with van der Waals surface area (Å²) in [4.78, 5) is 14.6. The number of pyridine rings is 1. The van der Waals surface area contributed by atoms with E-state index in [-0.39, 0.29) is 12.2 Å². The maximum Gasteiger partial charge on any atom is 0.418 e. The van der Waals surface area contributed by atoms with Crippen LogP contribution >= 0.6 is 0 Å². The second kappa shape index (κ2) is 5.49. The van der Waals surface area contributed by atoms with Gasteiger partial charge in [-0.2, -0.15) is 18.4 Å². The maximum atomic E-state index is 12.7. The monoisotopic (exact) mass is 258 g/mol. The van der Waals surface area contributed by atoms with Gasteiger partial charge < -0.3 is 4.74 Å². The molecule has 1 aromatic heterocycles. The van der Waals surface area contributed by atoms with Crippen LogP contribution in [0.25, 0.3) is 0 Å². The summed E-state index contributed by atoms with van der Waals surface area (Å²) in [7, 11) is 0. The van der Waals surface area contributed by atoms with Gasteiger partial charge in [0.25, 0.3) is 0 Å². The molecule has 0 aliphatic heterocycles. The minimum absolute atomic E-state index is 0.0798. The maximum absolute atomic E-state index is 12.7. The average molecular weight is 258 g/mol. The molecule has 0 fully saturated rings. The molecule has 0 saturated carbocycles. The zero-order valence-corrected chi connectivity index (χ0v) is 9.41. The summed E-state index contributed by atoms with van der Waals surface area (Å²) < 4.78 is 42.7. The van der Waals surface area contributed by atoms with E-state index in [4.69, 9.17) is 5.26 Å². The molecule has 0 aromatic carbocycles. The summed E-state index contributed by atoms with van der Waals surface area (Å²) in [6.07, 6.45) is -4.25. The molecule has 0 atom stereocenters. The highest BCUT2D eigenvalue weighted by molar-refractivity contribution is 5.72. The summed E-state index contributed by atoms with van der Waals surface area (Å²) in [5, 5.41) is 8.54. The van der Waals surface area contributed by atoms with E-state index in [0.717, 1.165) is 6.20 Å². The Hall–Kier alpha value is -2.10. The number of halogens is 3. The molecule has 0 amide bonds. The van der Waals surface area contributed by atoms with Gasteiger partial charge in [-0.25, -0.2) is 0 Å². The van der Waals surface area contributed by atoms with E-state index in [0.29, 0.717) is 6.07 Å². The third-order valence-electron chi connectivity index (χ3n) is 2.02. The summed E-state index contributed by atoms with van der Waals surface area (Å²) in [5.41, 5.74) is -1.75. The van der Waals surface area contributed by atoms with Crippen molar-refractivity contribution < 1.29 is 22.7 Å². The molecule has 0 unspecified atom stereocenters. The first-order chi connectivity index (χ1) is 8.38. The number of aromatic nitrogens is 1. The molecular formula is C11H9F3N2O2. The first-order valence-electron chi connectivity index (χ1n) is 5.00. The van der Waals surface area contributed by atoms with E-state index < -0.39 is 29.8 Å². The number of carbonyl (C=O) groups excluding carboxylic acids is 1. The lowest BCUT2D eigenvalue weighted by atomic mass is 10.1. The van der Waals surface area contributed by atoms with Gasteiger partial charge in [0, 0.05) is 6.20 Å². The second-order valence-corrected chi connectivity index (χ2v) is 3.31. The molecule has 18 heavy (non-hydrogen) atoms. The summed E-state index contributed by atoms with van der Waals surface area (Å²) in [6, 6.07) is 2.23. The van der Waals surface area contributed by atoms with Crippen LogP contribution in [0.15, 0.2) is 12.3 Å². The van der Waals surface area contributed by atoms with Crippen molar-refractivity contribution in [2.75, 3.05) is 6.61 Å². The lowest BCUT2D eigenvalue weighted by Gasteiger charge is -2.11. The number of ether oxygens (including phenoxy) is 1. The molecule has 7 heteroatoms. The molecule has 0 aliphatic rings. The van der Waals surface area contributed by atoms with E-state index in [1.54, 1.807) is 13.0 Å². The van der Waals surface area contributed by atoms with E-state index >= 15 is 0 Å². The number of hydrogen-bond donors (Lipinski definition) is 0. The summed E-state index contributed by atoms with van der Waals surface area (Å²) in [5.74, 6) is -0.791. The third kappa shape index (κ3) is 3.45. The van der Waals surface area contributed by atoms with E-state index in [9.17, 15) is 18.0 Å². The molecule has 1 aromatic rings. The zero-order chi connectivity index (χ0) is 13.8. The zero-order valence-electron chi connectivity index (χ0n) is 9.41. The number of esters is 1. The van der Waals surface area contributed by atoms with Crippen molar-refractivity contribution in [3.8, 4) is 6.07 Å². The standard InChI is InChI=1S/C11H9F3N2O2/c1-2-18-10(17)4-9-8(11(12,13)14)3-7(5-15)6-16-9/h3,6H,2,4H2,1H3. The van der Waals surface area contributed by atoms with Gasteiger partial charge in [-0.3, -0.25) is 9.78 Å². The van der Waals surface area contributed by atoms with Crippen LogP contribution in [-0.4, -0.2) is 17.6 Å². The highest BCUT2D eigenvalue weighted by Gasteiger charge is 2.35. The number of nitrogens with zero attached hydrogens (tertiary/aromatic N) is 2. The topological polar surface area (TPSA) is 63.0 Å². The Balaban J connectivity index is 3.12. The molecule has 0 saturated heterocycles. The fraction of sp³-hybridized carbons (Fsp3) is 0.364. The fourth-order valence-corrected chi connectivity index (χ4v) is 1.29.